The van der Waals surface area contributed by atoms with Gasteiger partial charge in [-0.05, 0) is 6.92 Å². The van der Waals surface area contributed by atoms with Crippen molar-refractivity contribution in [3.8, 4) is 0 Å². The third kappa shape index (κ3) is 2.68. The quantitative estimate of drug-likeness (QED) is 0.710. The highest BCUT2D eigenvalue weighted by molar-refractivity contribution is 6.08. The lowest BCUT2D eigenvalue weighted by atomic mass is 10.1. The summed E-state index contributed by atoms with van der Waals surface area (Å²) in [4.78, 5) is 0. The second kappa shape index (κ2) is 4.92. The van der Waals surface area contributed by atoms with Crippen LogP contribution in [-0.4, -0.2) is 23.5 Å². The normalized spacial score (nSPS) is 26.5. The van der Waals surface area contributed by atoms with Gasteiger partial charge in [0.25, 0.3) is 0 Å². The smallest absolute Gasteiger partial charge is 0.183 e. The first kappa shape index (κ1) is 10.9. The molecule has 79 valence electrons. The van der Waals surface area contributed by atoms with E-state index in [9.17, 15) is 0 Å². The minimum Gasteiger partial charge on any atom is -0.348 e. The van der Waals surface area contributed by atoms with Crippen molar-refractivity contribution < 1.29 is 9.47 Å². The maximum absolute atomic E-state index is 5.65. The number of hydrogen-bond donors (Lipinski definition) is 0. The molecule has 1 fully saturated rings. The average Bonchev–Trinajstić information content (AvgIpc) is 2.30. The lowest BCUT2D eigenvalue weighted by Gasteiger charge is -2.29. The van der Waals surface area contributed by atoms with Gasteiger partial charge in [-0.25, -0.2) is 0 Å². The predicted molar refractivity (Wildman–Crippen MR) is 59.9 cm³/mol. The third-order valence-electron chi connectivity index (χ3n) is 2.60. The van der Waals surface area contributed by atoms with Gasteiger partial charge in [0, 0.05) is 21.7 Å². The predicted octanol–water partition coefficient (Wildman–Crippen LogP) is 2.24. The van der Waals surface area contributed by atoms with Crippen LogP contribution in [0.4, 0.5) is 0 Å². The van der Waals surface area contributed by atoms with Gasteiger partial charge in [-0.3, -0.25) is 0 Å². The Morgan fingerprint density at radius 1 is 1.20 bits per heavy atom. The van der Waals surface area contributed by atoms with E-state index in [1.165, 1.54) is 5.56 Å². The Balaban J connectivity index is 1.98. The Hall–Kier alpha value is -0.643. The summed E-state index contributed by atoms with van der Waals surface area (Å²) in [6.07, 6.45) is -0.180. The molecule has 0 saturated carbocycles. The fourth-order valence-corrected chi connectivity index (χ4v) is 1.81. The largest absolute Gasteiger partial charge is 0.348 e. The van der Waals surface area contributed by atoms with Crippen molar-refractivity contribution in [3.63, 3.8) is 0 Å². The van der Waals surface area contributed by atoms with Gasteiger partial charge in [0.05, 0.1) is 13.2 Å². The molecular formula is C12H15O2Si. The molecule has 0 spiro atoms. The molecule has 3 radical (unpaired) electrons. The molecule has 0 bridgehead atoms. The highest BCUT2D eigenvalue weighted by atomic mass is 28.1. The van der Waals surface area contributed by atoms with Gasteiger partial charge < -0.3 is 9.47 Å². The summed E-state index contributed by atoms with van der Waals surface area (Å²) in [6, 6.07) is 9.22. The maximum atomic E-state index is 5.65. The molecule has 15 heavy (non-hydrogen) atoms. The molecule has 2 rings (SSSR count). The van der Waals surface area contributed by atoms with E-state index in [0.29, 0.717) is 5.92 Å². The number of ether oxygens (including phenoxy) is 2. The van der Waals surface area contributed by atoms with Crippen LogP contribution in [0.1, 0.15) is 17.4 Å². The standard InChI is InChI=1S/C12H15O2Si/c1-9-2-4-11(5-3-9)12-13-6-10(8-15)7-14-12/h2-5,10,12H,6-8H2,1H3. The Morgan fingerprint density at radius 3 is 2.33 bits per heavy atom. The fraction of sp³-hybridized carbons (Fsp3) is 0.500. The summed E-state index contributed by atoms with van der Waals surface area (Å²) >= 11 is 0. The van der Waals surface area contributed by atoms with Crippen LogP contribution in [0.2, 0.25) is 6.04 Å². The van der Waals surface area contributed by atoms with E-state index in [2.05, 4.69) is 41.4 Å². The summed E-state index contributed by atoms with van der Waals surface area (Å²) in [5.41, 5.74) is 2.36. The van der Waals surface area contributed by atoms with Crippen molar-refractivity contribution in [1.82, 2.24) is 0 Å². The molecule has 1 aliphatic rings. The molecule has 0 N–H and O–H groups in total. The van der Waals surface area contributed by atoms with Crippen LogP contribution in [0.5, 0.6) is 0 Å². The topological polar surface area (TPSA) is 18.5 Å². The van der Waals surface area contributed by atoms with Crippen LogP contribution >= 0.6 is 0 Å². The van der Waals surface area contributed by atoms with Crippen molar-refractivity contribution in [3.05, 3.63) is 35.4 Å². The SMILES string of the molecule is Cc1ccc(C2OCC(C[Si])CO2)cc1. The molecule has 2 nitrogen and oxygen atoms in total. The minimum absolute atomic E-state index is 0.180. The molecule has 1 aliphatic heterocycles. The van der Waals surface area contributed by atoms with Gasteiger partial charge in [0.2, 0.25) is 0 Å². The van der Waals surface area contributed by atoms with Crippen molar-refractivity contribution >= 4 is 10.2 Å². The van der Waals surface area contributed by atoms with Crippen LogP contribution < -0.4 is 0 Å². The zero-order chi connectivity index (χ0) is 10.7. The van der Waals surface area contributed by atoms with E-state index in [0.717, 1.165) is 24.8 Å². The van der Waals surface area contributed by atoms with Crippen LogP contribution in [0.25, 0.3) is 0 Å². The maximum Gasteiger partial charge on any atom is 0.183 e. The van der Waals surface area contributed by atoms with Crippen molar-refractivity contribution in [1.29, 1.82) is 0 Å². The van der Waals surface area contributed by atoms with E-state index in [4.69, 9.17) is 9.47 Å². The molecule has 1 saturated heterocycles. The lowest BCUT2D eigenvalue weighted by Crippen LogP contribution is -2.26. The van der Waals surface area contributed by atoms with E-state index in [1.54, 1.807) is 0 Å². The molecule has 1 aromatic rings. The van der Waals surface area contributed by atoms with Crippen LogP contribution in [-0.2, 0) is 9.47 Å². The molecule has 0 atom stereocenters. The second-order valence-electron chi connectivity index (χ2n) is 3.98. The van der Waals surface area contributed by atoms with Gasteiger partial charge in [-0.2, -0.15) is 0 Å². The molecule has 0 amide bonds. The number of aryl methyl sites for hydroxylation is 1. The first-order valence-electron chi connectivity index (χ1n) is 5.24. The number of benzene rings is 1. The van der Waals surface area contributed by atoms with Crippen molar-refractivity contribution in [2.45, 2.75) is 19.3 Å². The molecule has 1 heterocycles. The first-order chi connectivity index (χ1) is 7.29. The van der Waals surface area contributed by atoms with Crippen LogP contribution in [0.15, 0.2) is 24.3 Å². The summed E-state index contributed by atoms with van der Waals surface area (Å²) in [7, 11) is 3.48. The summed E-state index contributed by atoms with van der Waals surface area (Å²) < 4.78 is 11.3. The highest BCUT2D eigenvalue weighted by Gasteiger charge is 2.21. The molecule has 0 aromatic heterocycles. The first-order valence-corrected chi connectivity index (χ1v) is 5.94. The van der Waals surface area contributed by atoms with E-state index < -0.39 is 0 Å². The van der Waals surface area contributed by atoms with Crippen molar-refractivity contribution in [2.24, 2.45) is 5.92 Å². The van der Waals surface area contributed by atoms with Gasteiger partial charge >= 0.3 is 0 Å². The Morgan fingerprint density at radius 2 is 1.80 bits per heavy atom. The Bertz CT molecular complexity index is 302. The summed E-state index contributed by atoms with van der Waals surface area (Å²) in [5, 5.41) is 0. The number of hydrogen-bond acceptors (Lipinski definition) is 2. The van der Waals surface area contributed by atoms with Gasteiger partial charge in [-0.15, -0.1) is 0 Å². The molecule has 0 aliphatic carbocycles. The highest BCUT2D eigenvalue weighted by Crippen LogP contribution is 2.25. The Kier molecular flexibility index (Phi) is 3.56. The van der Waals surface area contributed by atoms with E-state index in [1.807, 2.05) is 0 Å². The van der Waals surface area contributed by atoms with E-state index in [-0.39, 0.29) is 6.29 Å². The summed E-state index contributed by atoms with van der Waals surface area (Å²) in [5.74, 6) is 0.475. The molecule has 0 unspecified atom stereocenters. The van der Waals surface area contributed by atoms with Gasteiger partial charge in [-0.1, -0.05) is 35.9 Å². The Labute approximate surface area is 94.0 Å². The monoisotopic (exact) mass is 219 g/mol. The van der Waals surface area contributed by atoms with Crippen molar-refractivity contribution in [2.75, 3.05) is 13.2 Å². The lowest BCUT2D eigenvalue weighted by molar-refractivity contribution is -0.202. The zero-order valence-corrected chi connectivity index (χ0v) is 9.90. The van der Waals surface area contributed by atoms with E-state index >= 15 is 0 Å². The second-order valence-corrected chi connectivity index (χ2v) is 4.39. The molecule has 3 heteroatoms. The molecular weight excluding hydrogens is 204 g/mol. The van der Waals surface area contributed by atoms with Gasteiger partial charge in [0.1, 0.15) is 0 Å². The van der Waals surface area contributed by atoms with Crippen LogP contribution in [0.3, 0.4) is 0 Å². The third-order valence-corrected chi connectivity index (χ3v) is 3.18. The zero-order valence-electron chi connectivity index (χ0n) is 8.90. The summed E-state index contributed by atoms with van der Waals surface area (Å²) in [6.45, 7) is 3.61. The number of rotatable bonds is 2. The minimum atomic E-state index is -0.180. The molecule has 1 aromatic carbocycles. The van der Waals surface area contributed by atoms with Crippen LogP contribution in [0, 0.1) is 12.8 Å². The van der Waals surface area contributed by atoms with Gasteiger partial charge in [0.15, 0.2) is 6.29 Å². The average molecular weight is 219 g/mol. The fourth-order valence-electron chi connectivity index (χ4n) is 1.58.